The average molecular weight is 459 g/mol. The van der Waals surface area contributed by atoms with Gasteiger partial charge < -0.3 is 24.4 Å². The molecule has 1 aliphatic rings. The number of hydrogen-bond donors (Lipinski definition) is 1. The van der Waals surface area contributed by atoms with Gasteiger partial charge in [-0.3, -0.25) is 9.59 Å². The van der Waals surface area contributed by atoms with Crippen molar-refractivity contribution in [1.82, 2.24) is 4.90 Å². The number of benzene rings is 2. The first kappa shape index (κ1) is 23.6. The van der Waals surface area contributed by atoms with Crippen molar-refractivity contribution in [3.8, 4) is 5.75 Å². The molecule has 8 heteroatoms. The van der Waals surface area contributed by atoms with E-state index in [0.717, 1.165) is 5.69 Å². The number of carbonyl (C=O) groups is 2. The smallest absolute Gasteiger partial charge is 0.295 e. The zero-order valence-electron chi connectivity index (χ0n) is 18.6. The lowest BCUT2D eigenvalue weighted by Crippen LogP contribution is -2.32. The number of ketones is 1. The number of aliphatic hydroxyl groups excluding tert-OH is 1. The van der Waals surface area contributed by atoms with Crippen LogP contribution in [0.25, 0.3) is 5.76 Å². The quantitative estimate of drug-likeness (QED) is 0.367. The third kappa shape index (κ3) is 4.59. The number of ether oxygens (including phenoxy) is 2. The number of nitrogens with zero attached hydrogens (tertiary/aromatic N) is 2. The van der Waals surface area contributed by atoms with Crippen LogP contribution in [0.2, 0.25) is 5.02 Å². The summed E-state index contributed by atoms with van der Waals surface area (Å²) in [6.07, 6.45) is 0. The summed E-state index contributed by atoms with van der Waals surface area (Å²) in [4.78, 5) is 29.2. The molecule has 170 valence electrons. The van der Waals surface area contributed by atoms with Crippen LogP contribution in [-0.4, -0.2) is 62.7 Å². The molecule has 32 heavy (non-hydrogen) atoms. The molecule has 1 unspecified atom stereocenters. The number of anilines is 1. The molecule has 1 aliphatic heterocycles. The van der Waals surface area contributed by atoms with E-state index in [1.165, 1.54) is 18.1 Å². The number of Topliss-reactive ketones (excluding diaryl/α,β-unsaturated/α-hetero) is 1. The molecule has 1 amide bonds. The van der Waals surface area contributed by atoms with Crippen LogP contribution < -0.4 is 9.64 Å². The zero-order valence-corrected chi connectivity index (χ0v) is 19.3. The monoisotopic (exact) mass is 458 g/mol. The van der Waals surface area contributed by atoms with Crippen LogP contribution in [0.4, 0.5) is 5.69 Å². The minimum atomic E-state index is -0.745. The molecule has 7 nitrogen and oxygen atoms in total. The second kappa shape index (κ2) is 10.1. The van der Waals surface area contributed by atoms with Gasteiger partial charge in [0.1, 0.15) is 11.5 Å². The van der Waals surface area contributed by atoms with Gasteiger partial charge in [0.15, 0.2) is 0 Å². The van der Waals surface area contributed by atoms with Crippen molar-refractivity contribution in [1.29, 1.82) is 0 Å². The van der Waals surface area contributed by atoms with Gasteiger partial charge in [0, 0.05) is 39.0 Å². The van der Waals surface area contributed by atoms with E-state index in [1.54, 1.807) is 12.1 Å². The number of halogens is 1. The molecule has 1 heterocycles. The topological polar surface area (TPSA) is 79.3 Å². The predicted octanol–water partition coefficient (Wildman–Crippen LogP) is 3.87. The Bertz CT molecular complexity index is 1030. The van der Waals surface area contributed by atoms with Crippen molar-refractivity contribution < 1.29 is 24.2 Å². The molecule has 1 atom stereocenters. The largest absolute Gasteiger partial charge is 0.507 e. The number of methoxy groups -OCH3 is 1. The fraction of sp³-hybridized carbons (Fsp3) is 0.333. The Morgan fingerprint density at radius 2 is 1.84 bits per heavy atom. The Kier molecular flexibility index (Phi) is 7.43. The van der Waals surface area contributed by atoms with Gasteiger partial charge in [0.25, 0.3) is 11.7 Å². The molecule has 0 spiro atoms. The van der Waals surface area contributed by atoms with Gasteiger partial charge in [0.05, 0.1) is 29.9 Å². The first-order valence-electron chi connectivity index (χ1n) is 10.3. The Morgan fingerprint density at radius 1 is 1.16 bits per heavy atom. The van der Waals surface area contributed by atoms with Crippen LogP contribution >= 0.6 is 11.6 Å². The zero-order chi connectivity index (χ0) is 23.4. The Balaban J connectivity index is 2.12. The SMILES string of the molecule is CCOc1ccc(C(O)=C2C(=O)C(=O)N(CCOC)C2c2ccc(N(C)C)cc2)cc1Cl. The molecule has 1 saturated heterocycles. The summed E-state index contributed by atoms with van der Waals surface area (Å²) < 4.78 is 10.6. The number of likely N-dealkylation sites (tertiary alicyclic amines) is 1. The van der Waals surface area contributed by atoms with E-state index in [0.29, 0.717) is 28.5 Å². The first-order valence-corrected chi connectivity index (χ1v) is 10.6. The molecule has 1 fully saturated rings. The molecule has 0 radical (unpaired) electrons. The molecule has 0 aliphatic carbocycles. The summed E-state index contributed by atoms with van der Waals surface area (Å²) in [7, 11) is 5.38. The second-order valence-corrected chi connectivity index (χ2v) is 7.96. The van der Waals surface area contributed by atoms with Crippen LogP contribution in [0.1, 0.15) is 24.1 Å². The predicted molar refractivity (Wildman–Crippen MR) is 124 cm³/mol. The summed E-state index contributed by atoms with van der Waals surface area (Å²) in [6, 6.07) is 11.5. The van der Waals surface area contributed by atoms with E-state index >= 15 is 0 Å². The lowest BCUT2D eigenvalue weighted by molar-refractivity contribution is -0.140. The fourth-order valence-electron chi connectivity index (χ4n) is 3.68. The highest BCUT2D eigenvalue weighted by molar-refractivity contribution is 6.46. The molecular weight excluding hydrogens is 432 g/mol. The average Bonchev–Trinajstić information content (AvgIpc) is 3.03. The Morgan fingerprint density at radius 3 is 2.41 bits per heavy atom. The molecular formula is C24H27ClN2O5. The number of hydrogen-bond acceptors (Lipinski definition) is 6. The van der Waals surface area contributed by atoms with Crippen LogP contribution in [0.3, 0.4) is 0 Å². The highest BCUT2D eigenvalue weighted by Crippen LogP contribution is 2.40. The highest BCUT2D eigenvalue weighted by atomic mass is 35.5. The van der Waals surface area contributed by atoms with Gasteiger partial charge in [-0.1, -0.05) is 23.7 Å². The van der Waals surface area contributed by atoms with Crippen LogP contribution in [0, 0.1) is 0 Å². The number of aliphatic hydroxyl groups is 1. The minimum Gasteiger partial charge on any atom is -0.507 e. The maximum atomic E-state index is 13.0. The summed E-state index contributed by atoms with van der Waals surface area (Å²) in [6.45, 7) is 2.75. The summed E-state index contributed by atoms with van der Waals surface area (Å²) in [5.74, 6) is -1.23. The van der Waals surface area contributed by atoms with E-state index in [9.17, 15) is 14.7 Å². The molecule has 0 aromatic heterocycles. The van der Waals surface area contributed by atoms with Gasteiger partial charge in [-0.25, -0.2) is 0 Å². The lowest BCUT2D eigenvalue weighted by atomic mass is 9.95. The summed E-state index contributed by atoms with van der Waals surface area (Å²) in [5.41, 5.74) is 2.03. The Hall–Kier alpha value is -3.03. The lowest BCUT2D eigenvalue weighted by Gasteiger charge is -2.25. The van der Waals surface area contributed by atoms with Crippen molar-refractivity contribution in [3.05, 3.63) is 64.2 Å². The third-order valence-corrected chi connectivity index (χ3v) is 5.60. The van der Waals surface area contributed by atoms with Crippen LogP contribution in [0.15, 0.2) is 48.0 Å². The van der Waals surface area contributed by atoms with E-state index in [2.05, 4.69) is 0 Å². The molecule has 0 saturated carbocycles. The van der Waals surface area contributed by atoms with Gasteiger partial charge >= 0.3 is 0 Å². The number of rotatable bonds is 8. The number of amides is 1. The van der Waals surface area contributed by atoms with Crippen molar-refractivity contribution in [2.24, 2.45) is 0 Å². The molecule has 3 rings (SSSR count). The first-order chi connectivity index (χ1) is 15.3. The van der Waals surface area contributed by atoms with E-state index in [1.807, 2.05) is 50.2 Å². The standard InChI is InChI=1S/C24H27ClN2O5/c1-5-32-19-11-8-16(14-18(19)25)22(28)20-21(15-6-9-17(10-7-15)26(2)3)27(12-13-31-4)24(30)23(20)29/h6-11,14,21,28H,5,12-13H2,1-4H3. The Labute approximate surface area is 192 Å². The normalized spacial score (nSPS) is 17.7. The summed E-state index contributed by atoms with van der Waals surface area (Å²) >= 11 is 6.28. The third-order valence-electron chi connectivity index (χ3n) is 5.31. The van der Waals surface area contributed by atoms with Crippen molar-refractivity contribution >= 4 is 34.7 Å². The minimum absolute atomic E-state index is 0.0175. The van der Waals surface area contributed by atoms with E-state index in [-0.39, 0.29) is 24.5 Å². The van der Waals surface area contributed by atoms with Gasteiger partial charge in [-0.15, -0.1) is 0 Å². The van der Waals surface area contributed by atoms with E-state index in [4.69, 9.17) is 21.1 Å². The molecule has 1 N–H and O–H groups in total. The number of carbonyl (C=O) groups excluding carboxylic acids is 2. The maximum Gasteiger partial charge on any atom is 0.295 e. The van der Waals surface area contributed by atoms with Crippen LogP contribution in [-0.2, 0) is 14.3 Å². The van der Waals surface area contributed by atoms with Crippen LogP contribution in [0.5, 0.6) is 5.75 Å². The maximum absolute atomic E-state index is 13.0. The van der Waals surface area contributed by atoms with Gasteiger partial charge in [-0.2, -0.15) is 0 Å². The summed E-state index contributed by atoms with van der Waals surface area (Å²) in [5, 5.41) is 11.4. The fourth-order valence-corrected chi connectivity index (χ4v) is 3.91. The highest BCUT2D eigenvalue weighted by Gasteiger charge is 2.45. The van der Waals surface area contributed by atoms with Crippen molar-refractivity contribution in [2.45, 2.75) is 13.0 Å². The van der Waals surface area contributed by atoms with Crippen molar-refractivity contribution in [3.63, 3.8) is 0 Å². The molecule has 2 aromatic carbocycles. The van der Waals surface area contributed by atoms with Gasteiger partial charge in [0.2, 0.25) is 0 Å². The molecule has 0 bridgehead atoms. The second-order valence-electron chi connectivity index (χ2n) is 7.55. The van der Waals surface area contributed by atoms with Gasteiger partial charge in [-0.05, 0) is 42.8 Å². The van der Waals surface area contributed by atoms with Crippen molar-refractivity contribution in [2.75, 3.05) is 45.9 Å². The van der Waals surface area contributed by atoms with E-state index < -0.39 is 17.7 Å². The molecule has 2 aromatic rings.